The largest absolute Gasteiger partial charge is 0.381 e. The van der Waals surface area contributed by atoms with Crippen LogP contribution in [0.25, 0.3) is 0 Å². The third-order valence-corrected chi connectivity index (χ3v) is 3.10. The van der Waals surface area contributed by atoms with Gasteiger partial charge in [-0.3, -0.25) is 0 Å². The van der Waals surface area contributed by atoms with Crippen LogP contribution in [0, 0.1) is 5.41 Å². The van der Waals surface area contributed by atoms with E-state index in [2.05, 4.69) is 11.9 Å². The van der Waals surface area contributed by atoms with E-state index in [9.17, 15) is 0 Å². The second-order valence-electron chi connectivity index (χ2n) is 4.11. The third-order valence-electron chi connectivity index (χ3n) is 3.10. The molecule has 0 aromatic rings. The molecule has 2 fully saturated rings. The molecular weight excluding hydrogens is 154 g/mol. The highest BCUT2D eigenvalue weighted by Gasteiger charge is 2.48. The molecule has 0 aromatic carbocycles. The Bertz CT molecular complexity index is 168. The summed E-state index contributed by atoms with van der Waals surface area (Å²) in [7, 11) is 3.99. The fourth-order valence-electron chi connectivity index (χ4n) is 2.37. The maximum atomic E-state index is 5.49. The highest BCUT2D eigenvalue weighted by atomic mass is 16.5. The molecule has 12 heavy (non-hydrogen) atoms. The summed E-state index contributed by atoms with van der Waals surface area (Å²) in [5, 5.41) is 0. The minimum absolute atomic E-state index is 0.321. The second kappa shape index (κ2) is 2.98. The number of methoxy groups -OCH3 is 1. The standard InChI is InChI=1S/C9H17NO2/c1-10-4-3-8(11-2)9(5-10)6-12-7-9/h8H,3-7H2,1-2H3/t8-/m0/s1. The van der Waals surface area contributed by atoms with E-state index in [0.717, 1.165) is 32.7 Å². The molecule has 0 radical (unpaired) electrons. The first-order valence-electron chi connectivity index (χ1n) is 4.56. The summed E-state index contributed by atoms with van der Waals surface area (Å²) in [6, 6.07) is 0. The molecule has 2 aliphatic heterocycles. The van der Waals surface area contributed by atoms with E-state index in [-0.39, 0.29) is 0 Å². The number of rotatable bonds is 1. The van der Waals surface area contributed by atoms with Gasteiger partial charge in [-0.25, -0.2) is 0 Å². The quantitative estimate of drug-likeness (QED) is 0.568. The van der Waals surface area contributed by atoms with E-state index >= 15 is 0 Å². The number of hydrogen-bond donors (Lipinski definition) is 0. The van der Waals surface area contributed by atoms with Crippen LogP contribution in [0.5, 0.6) is 0 Å². The van der Waals surface area contributed by atoms with E-state index in [0.29, 0.717) is 11.5 Å². The van der Waals surface area contributed by atoms with Gasteiger partial charge >= 0.3 is 0 Å². The van der Waals surface area contributed by atoms with Gasteiger partial charge in [0.15, 0.2) is 0 Å². The average Bonchev–Trinajstić information content (AvgIpc) is 2.01. The van der Waals surface area contributed by atoms with Crippen molar-refractivity contribution in [3.63, 3.8) is 0 Å². The highest BCUT2D eigenvalue weighted by molar-refractivity contribution is 4.98. The van der Waals surface area contributed by atoms with Crippen molar-refractivity contribution in [2.24, 2.45) is 5.41 Å². The van der Waals surface area contributed by atoms with Crippen molar-refractivity contribution in [2.75, 3.05) is 40.5 Å². The molecule has 0 amide bonds. The van der Waals surface area contributed by atoms with Crippen molar-refractivity contribution in [2.45, 2.75) is 12.5 Å². The number of likely N-dealkylation sites (tertiary alicyclic amines) is 1. The maximum Gasteiger partial charge on any atom is 0.0696 e. The summed E-state index contributed by atoms with van der Waals surface area (Å²) < 4.78 is 10.8. The first-order valence-corrected chi connectivity index (χ1v) is 4.56. The summed E-state index contributed by atoms with van der Waals surface area (Å²) in [5.74, 6) is 0. The molecule has 0 aromatic heterocycles. The predicted octanol–water partition coefficient (Wildman–Crippen LogP) is 0.353. The second-order valence-corrected chi connectivity index (χ2v) is 4.11. The van der Waals surface area contributed by atoms with Crippen molar-refractivity contribution in [1.82, 2.24) is 4.90 Å². The van der Waals surface area contributed by atoms with Gasteiger partial charge in [-0.2, -0.15) is 0 Å². The molecular formula is C9H17NO2. The van der Waals surface area contributed by atoms with Crippen molar-refractivity contribution in [3.8, 4) is 0 Å². The van der Waals surface area contributed by atoms with Gasteiger partial charge in [0.2, 0.25) is 0 Å². The molecule has 70 valence electrons. The molecule has 1 atom stereocenters. The van der Waals surface area contributed by atoms with E-state index in [1.54, 1.807) is 0 Å². The lowest BCUT2D eigenvalue weighted by Gasteiger charge is -2.51. The highest BCUT2D eigenvalue weighted by Crippen LogP contribution is 2.38. The van der Waals surface area contributed by atoms with E-state index in [1.165, 1.54) is 0 Å². The number of piperidine rings is 1. The Balaban J connectivity index is 2.04. The molecule has 3 nitrogen and oxygen atoms in total. The minimum atomic E-state index is 0.321. The van der Waals surface area contributed by atoms with Crippen LogP contribution in [-0.4, -0.2) is 51.5 Å². The van der Waals surface area contributed by atoms with Crippen LogP contribution in [-0.2, 0) is 9.47 Å². The lowest BCUT2D eigenvalue weighted by Crippen LogP contribution is -2.61. The monoisotopic (exact) mass is 171 g/mol. The molecule has 0 unspecified atom stereocenters. The van der Waals surface area contributed by atoms with Crippen molar-refractivity contribution < 1.29 is 9.47 Å². The van der Waals surface area contributed by atoms with Crippen LogP contribution in [0.4, 0.5) is 0 Å². The molecule has 0 saturated carbocycles. The van der Waals surface area contributed by atoms with Gasteiger partial charge in [0.05, 0.1) is 24.7 Å². The fraction of sp³-hybridized carbons (Fsp3) is 1.00. The molecule has 1 spiro atoms. The molecule has 2 heterocycles. The summed E-state index contributed by atoms with van der Waals surface area (Å²) in [5.41, 5.74) is 0.321. The molecule has 2 aliphatic rings. The molecule has 0 N–H and O–H groups in total. The third kappa shape index (κ3) is 1.16. The average molecular weight is 171 g/mol. The molecule has 0 aliphatic carbocycles. The SMILES string of the molecule is CO[C@H]1CCN(C)CC12COC2. The zero-order chi connectivity index (χ0) is 8.60. The summed E-state index contributed by atoms with van der Waals surface area (Å²) in [6.07, 6.45) is 1.57. The molecule has 0 bridgehead atoms. The number of ether oxygens (including phenoxy) is 2. The van der Waals surface area contributed by atoms with E-state index < -0.39 is 0 Å². The van der Waals surface area contributed by atoms with Gasteiger partial charge in [-0.15, -0.1) is 0 Å². The van der Waals surface area contributed by atoms with Gasteiger partial charge in [0.25, 0.3) is 0 Å². The van der Waals surface area contributed by atoms with Gasteiger partial charge < -0.3 is 14.4 Å². The summed E-state index contributed by atoms with van der Waals surface area (Å²) in [6.45, 7) is 4.05. The first-order chi connectivity index (χ1) is 5.77. The first kappa shape index (κ1) is 8.48. The molecule has 2 rings (SSSR count). The zero-order valence-electron chi connectivity index (χ0n) is 7.88. The van der Waals surface area contributed by atoms with Gasteiger partial charge in [0, 0.05) is 20.2 Å². The van der Waals surface area contributed by atoms with Gasteiger partial charge in [-0.05, 0) is 13.5 Å². The lowest BCUT2D eigenvalue weighted by molar-refractivity contribution is -0.204. The Hall–Kier alpha value is -0.120. The summed E-state index contributed by atoms with van der Waals surface area (Å²) >= 11 is 0. The minimum Gasteiger partial charge on any atom is -0.381 e. The Morgan fingerprint density at radius 1 is 1.50 bits per heavy atom. The van der Waals surface area contributed by atoms with Crippen molar-refractivity contribution >= 4 is 0 Å². The Labute approximate surface area is 73.6 Å². The normalized spacial score (nSPS) is 35.0. The zero-order valence-corrected chi connectivity index (χ0v) is 7.88. The number of hydrogen-bond acceptors (Lipinski definition) is 3. The van der Waals surface area contributed by atoms with E-state index in [1.807, 2.05) is 7.11 Å². The van der Waals surface area contributed by atoms with Crippen LogP contribution < -0.4 is 0 Å². The van der Waals surface area contributed by atoms with Crippen LogP contribution >= 0.6 is 0 Å². The smallest absolute Gasteiger partial charge is 0.0696 e. The Morgan fingerprint density at radius 2 is 2.25 bits per heavy atom. The van der Waals surface area contributed by atoms with Crippen molar-refractivity contribution in [3.05, 3.63) is 0 Å². The van der Waals surface area contributed by atoms with Crippen molar-refractivity contribution in [1.29, 1.82) is 0 Å². The fourth-order valence-corrected chi connectivity index (χ4v) is 2.37. The van der Waals surface area contributed by atoms with Crippen LogP contribution in [0.15, 0.2) is 0 Å². The van der Waals surface area contributed by atoms with Crippen LogP contribution in [0.3, 0.4) is 0 Å². The molecule has 2 saturated heterocycles. The maximum absolute atomic E-state index is 5.49. The Kier molecular flexibility index (Phi) is 2.10. The molecule has 3 heteroatoms. The summed E-state index contributed by atoms with van der Waals surface area (Å²) in [4.78, 5) is 2.37. The number of nitrogens with zero attached hydrogens (tertiary/aromatic N) is 1. The van der Waals surface area contributed by atoms with Crippen LogP contribution in [0.1, 0.15) is 6.42 Å². The van der Waals surface area contributed by atoms with E-state index in [4.69, 9.17) is 9.47 Å². The Morgan fingerprint density at radius 3 is 2.75 bits per heavy atom. The van der Waals surface area contributed by atoms with Gasteiger partial charge in [-0.1, -0.05) is 0 Å². The predicted molar refractivity (Wildman–Crippen MR) is 46.2 cm³/mol. The topological polar surface area (TPSA) is 21.7 Å². The van der Waals surface area contributed by atoms with Gasteiger partial charge in [0.1, 0.15) is 0 Å². The van der Waals surface area contributed by atoms with Crippen LogP contribution in [0.2, 0.25) is 0 Å². The lowest BCUT2D eigenvalue weighted by atomic mass is 9.75.